The molecule has 0 bridgehead atoms. The van der Waals surface area contributed by atoms with Crippen molar-refractivity contribution in [1.29, 1.82) is 0 Å². The lowest BCUT2D eigenvalue weighted by atomic mass is 10.5. The molecule has 0 unspecified atom stereocenters. The van der Waals surface area contributed by atoms with Gasteiger partial charge in [0.1, 0.15) is 11.6 Å². The first kappa shape index (κ1) is 7.59. The number of rotatable bonds is 2. The van der Waals surface area contributed by atoms with Gasteiger partial charge in [-0.05, 0) is 0 Å². The molecular weight excluding hydrogens is 144 g/mol. The van der Waals surface area contributed by atoms with Gasteiger partial charge in [-0.3, -0.25) is 5.32 Å². The van der Waals surface area contributed by atoms with E-state index >= 15 is 0 Å². The van der Waals surface area contributed by atoms with Crippen LogP contribution in [0.25, 0.3) is 0 Å². The molecular formula is C6H10N4O. The highest BCUT2D eigenvalue weighted by Gasteiger charge is 1.98. The molecule has 1 rings (SSSR count). The Bertz CT molecular complexity index is 255. The largest absolute Gasteiger partial charge is 0.351 e. The summed E-state index contributed by atoms with van der Waals surface area (Å²) in [4.78, 5) is 17.2. The molecule has 0 atom stereocenters. The average Bonchev–Trinajstić information content (AvgIpc) is 2.34. The van der Waals surface area contributed by atoms with Gasteiger partial charge in [0, 0.05) is 6.42 Å². The van der Waals surface area contributed by atoms with E-state index in [1.165, 1.54) is 6.20 Å². The van der Waals surface area contributed by atoms with Crippen LogP contribution in [0.2, 0.25) is 0 Å². The Morgan fingerprint density at radius 2 is 2.64 bits per heavy atom. The lowest BCUT2D eigenvalue weighted by Gasteiger charge is -1.93. The van der Waals surface area contributed by atoms with Crippen LogP contribution in [-0.4, -0.2) is 16.0 Å². The van der Waals surface area contributed by atoms with Gasteiger partial charge in [0.25, 0.3) is 0 Å². The number of aromatic nitrogens is 2. The SMILES string of the molecule is CCc1ncc(NC(N)=O)[nH]1. The van der Waals surface area contributed by atoms with Gasteiger partial charge in [-0.25, -0.2) is 9.78 Å². The molecule has 5 nitrogen and oxygen atoms in total. The molecule has 11 heavy (non-hydrogen) atoms. The number of carbonyl (C=O) groups excluding carboxylic acids is 1. The summed E-state index contributed by atoms with van der Waals surface area (Å²) < 4.78 is 0. The quantitative estimate of drug-likeness (QED) is 0.578. The molecule has 1 aromatic heterocycles. The Kier molecular flexibility index (Phi) is 2.10. The topological polar surface area (TPSA) is 83.8 Å². The number of nitrogens with zero attached hydrogens (tertiary/aromatic N) is 1. The molecule has 0 radical (unpaired) electrons. The van der Waals surface area contributed by atoms with Crippen LogP contribution >= 0.6 is 0 Å². The Balaban J connectivity index is 2.65. The number of hydrogen-bond acceptors (Lipinski definition) is 2. The van der Waals surface area contributed by atoms with Crippen molar-refractivity contribution in [3.8, 4) is 0 Å². The van der Waals surface area contributed by atoms with E-state index in [0.717, 1.165) is 12.2 Å². The lowest BCUT2D eigenvalue weighted by Crippen LogP contribution is -2.19. The number of H-pyrrole nitrogens is 1. The van der Waals surface area contributed by atoms with Gasteiger partial charge in [0.2, 0.25) is 0 Å². The number of carbonyl (C=O) groups is 1. The number of aromatic amines is 1. The van der Waals surface area contributed by atoms with Crippen molar-refractivity contribution in [3.63, 3.8) is 0 Å². The minimum Gasteiger partial charge on any atom is -0.351 e. The second-order valence-electron chi connectivity index (χ2n) is 2.09. The Labute approximate surface area is 64.0 Å². The maximum absolute atomic E-state index is 10.3. The fraction of sp³-hybridized carbons (Fsp3) is 0.333. The van der Waals surface area contributed by atoms with Crippen molar-refractivity contribution < 1.29 is 4.79 Å². The number of primary amides is 1. The van der Waals surface area contributed by atoms with E-state index in [-0.39, 0.29) is 0 Å². The van der Waals surface area contributed by atoms with Gasteiger partial charge in [-0.15, -0.1) is 0 Å². The molecule has 0 aliphatic carbocycles. The third kappa shape index (κ3) is 1.96. The lowest BCUT2D eigenvalue weighted by molar-refractivity contribution is 0.259. The molecule has 2 amide bonds. The van der Waals surface area contributed by atoms with E-state index in [0.29, 0.717) is 5.82 Å². The number of amides is 2. The summed E-state index contributed by atoms with van der Waals surface area (Å²) in [6, 6.07) is -0.587. The van der Waals surface area contributed by atoms with Crippen LogP contribution in [0.3, 0.4) is 0 Å². The smallest absolute Gasteiger partial charge is 0.317 e. The minimum atomic E-state index is -0.587. The van der Waals surface area contributed by atoms with Crippen molar-refractivity contribution in [2.24, 2.45) is 5.73 Å². The Morgan fingerprint density at radius 1 is 1.91 bits per heavy atom. The molecule has 0 spiro atoms. The van der Waals surface area contributed by atoms with Gasteiger partial charge in [0.15, 0.2) is 0 Å². The average molecular weight is 154 g/mol. The molecule has 0 saturated heterocycles. The van der Waals surface area contributed by atoms with Crippen LogP contribution in [0.15, 0.2) is 6.20 Å². The van der Waals surface area contributed by atoms with Gasteiger partial charge >= 0.3 is 6.03 Å². The molecule has 5 heteroatoms. The van der Waals surface area contributed by atoms with Gasteiger partial charge in [-0.2, -0.15) is 0 Å². The third-order valence-electron chi connectivity index (χ3n) is 1.22. The zero-order valence-electron chi connectivity index (χ0n) is 6.22. The summed E-state index contributed by atoms with van der Waals surface area (Å²) in [5.74, 6) is 1.36. The monoisotopic (exact) mass is 154 g/mol. The highest BCUT2D eigenvalue weighted by molar-refractivity contribution is 5.86. The molecule has 1 heterocycles. The normalized spacial score (nSPS) is 9.55. The van der Waals surface area contributed by atoms with Crippen molar-refractivity contribution in [2.45, 2.75) is 13.3 Å². The molecule has 4 N–H and O–H groups in total. The number of anilines is 1. The van der Waals surface area contributed by atoms with Crippen LogP contribution in [0.1, 0.15) is 12.7 Å². The van der Waals surface area contributed by atoms with Crippen LogP contribution < -0.4 is 11.1 Å². The first-order valence-electron chi connectivity index (χ1n) is 3.32. The van der Waals surface area contributed by atoms with Crippen LogP contribution in [0.4, 0.5) is 10.6 Å². The van der Waals surface area contributed by atoms with Crippen LogP contribution in [0.5, 0.6) is 0 Å². The van der Waals surface area contributed by atoms with Crippen molar-refractivity contribution >= 4 is 11.8 Å². The summed E-state index contributed by atoms with van der Waals surface area (Å²) in [5, 5.41) is 2.38. The van der Waals surface area contributed by atoms with E-state index in [9.17, 15) is 4.79 Å². The fourth-order valence-electron chi connectivity index (χ4n) is 0.738. The van der Waals surface area contributed by atoms with E-state index in [4.69, 9.17) is 5.73 Å². The van der Waals surface area contributed by atoms with Crippen LogP contribution in [0, 0.1) is 0 Å². The maximum Gasteiger partial charge on any atom is 0.317 e. The molecule has 60 valence electrons. The predicted molar refractivity (Wildman–Crippen MR) is 41.2 cm³/mol. The van der Waals surface area contributed by atoms with Crippen molar-refractivity contribution in [3.05, 3.63) is 12.0 Å². The predicted octanol–water partition coefficient (Wildman–Crippen LogP) is 0.463. The summed E-state index contributed by atoms with van der Waals surface area (Å²) in [5.41, 5.74) is 4.88. The number of nitrogens with two attached hydrogens (primary N) is 1. The highest BCUT2D eigenvalue weighted by Crippen LogP contribution is 2.02. The Hall–Kier alpha value is -1.52. The molecule has 0 aliphatic rings. The minimum absolute atomic E-state index is 0.536. The zero-order chi connectivity index (χ0) is 8.27. The molecule has 0 aliphatic heterocycles. The number of aryl methyl sites for hydroxylation is 1. The van der Waals surface area contributed by atoms with Gasteiger partial charge in [0.05, 0.1) is 6.20 Å². The van der Waals surface area contributed by atoms with Gasteiger partial charge < -0.3 is 10.7 Å². The Morgan fingerprint density at radius 3 is 3.09 bits per heavy atom. The third-order valence-corrected chi connectivity index (χ3v) is 1.22. The second kappa shape index (κ2) is 3.05. The molecule has 1 aromatic rings. The summed E-state index contributed by atoms with van der Waals surface area (Å²) >= 11 is 0. The van der Waals surface area contributed by atoms with Crippen molar-refractivity contribution in [2.75, 3.05) is 5.32 Å². The second-order valence-corrected chi connectivity index (χ2v) is 2.09. The first-order valence-corrected chi connectivity index (χ1v) is 3.32. The summed E-state index contributed by atoms with van der Waals surface area (Å²) in [7, 11) is 0. The number of hydrogen-bond donors (Lipinski definition) is 3. The van der Waals surface area contributed by atoms with E-state index in [1.807, 2.05) is 6.92 Å². The molecule has 0 saturated carbocycles. The first-order chi connectivity index (χ1) is 5.22. The standard InChI is InChI=1S/C6H10N4O/c1-2-4-8-3-5(9-4)10-6(7)11/h3H,2H2,1H3,(H,8,9)(H3,7,10,11). The number of urea groups is 1. The van der Waals surface area contributed by atoms with E-state index < -0.39 is 6.03 Å². The summed E-state index contributed by atoms with van der Waals surface area (Å²) in [6.07, 6.45) is 2.34. The zero-order valence-corrected chi connectivity index (χ0v) is 6.22. The van der Waals surface area contributed by atoms with E-state index in [2.05, 4.69) is 15.3 Å². The number of imidazole rings is 1. The number of nitrogens with one attached hydrogen (secondary N) is 2. The molecule has 0 aromatic carbocycles. The molecule has 0 fully saturated rings. The van der Waals surface area contributed by atoms with Crippen molar-refractivity contribution in [1.82, 2.24) is 9.97 Å². The fourth-order valence-corrected chi connectivity index (χ4v) is 0.738. The van der Waals surface area contributed by atoms with E-state index in [1.54, 1.807) is 0 Å². The maximum atomic E-state index is 10.3. The van der Waals surface area contributed by atoms with Gasteiger partial charge in [-0.1, -0.05) is 6.92 Å². The highest BCUT2D eigenvalue weighted by atomic mass is 16.2. The summed E-state index contributed by atoms with van der Waals surface area (Å²) in [6.45, 7) is 1.97. The van der Waals surface area contributed by atoms with Crippen LogP contribution in [-0.2, 0) is 6.42 Å².